The molecule has 0 aromatic heterocycles. The highest BCUT2D eigenvalue weighted by molar-refractivity contribution is 9.10. The first-order valence-electron chi connectivity index (χ1n) is 7.44. The molecule has 0 atom stereocenters. The Morgan fingerprint density at radius 1 is 1.25 bits per heavy atom. The molecule has 0 bridgehead atoms. The van der Waals surface area contributed by atoms with Crippen LogP contribution >= 0.6 is 15.9 Å². The van der Waals surface area contributed by atoms with E-state index in [0.717, 1.165) is 21.3 Å². The van der Waals surface area contributed by atoms with Crippen molar-refractivity contribution in [2.24, 2.45) is 5.10 Å². The summed E-state index contributed by atoms with van der Waals surface area (Å²) in [5.74, 6) is 0.370. The van der Waals surface area contributed by atoms with Crippen LogP contribution in [0.25, 0.3) is 0 Å². The number of nitrogens with zero attached hydrogens (tertiary/aromatic N) is 2. The van der Waals surface area contributed by atoms with E-state index in [4.69, 9.17) is 4.74 Å². The molecule has 24 heavy (non-hydrogen) atoms. The molecule has 0 heterocycles. The van der Waals surface area contributed by atoms with Gasteiger partial charge < -0.3 is 9.64 Å². The van der Waals surface area contributed by atoms with Crippen molar-refractivity contribution in [2.75, 3.05) is 25.6 Å². The lowest BCUT2D eigenvalue weighted by Crippen LogP contribution is -2.24. The van der Waals surface area contributed by atoms with Gasteiger partial charge in [-0.2, -0.15) is 5.10 Å². The van der Waals surface area contributed by atoms with Gasteiger partial charge in [0.1, 0.15) is 5.75 Å². The van der Waals surface area contributed by atoms with Crippen molar-refractivity contribution in [3.63, 3.8) is 0 Å². The molecule has 126 valence electrons. The largest absolute Gasteiger partial charge is 0.483 e. The lowest BCUT2D eigenvalue weighted by molar-refractivity contribution is -0.123. The van der Waals surface area contributed by atoms with Crippen LogP contribution in [0.4, 0.5) is 5.69 Å². The minimum atomic E-state index is -0.307. The molecule has 1 amide bonds. The maximum Gasteiger partial charge on any atom is 0.277 e. The molecule has 0 spiro atoms. The zero-order valence-corrected chi connectivity index (χ0v) is 15.5. The standard InChI is InChI=1S/C18H20BrN3O2/c1-13-10-15(19)6-9-17(13)24-12-18(23)21-20-11-14-4-7-16(8-5-14)22(2)3/h4-11H,12H2,1-3H3,(H,21,23)/b20-11+. The predicted molar refractivity (Wildman–Crippen MR) is 101 cm³/mol. The first-order valence-corrected chi connectivity index (χ1v) is 8.23. The van der Waals surface area contributed by atoms with Crippen LogP contribution in [0, 0.1) is 6.92 Å². The second kappa shape index (κ2) is 8.49. The predicted octanol–water partition coefficient (Wildman–Crippen LogP) is 3.35. The number of anilines is 1. The topological polar surface area (TPSA) is 53.9 Å². The van der Waals surface area contributed by atoms with E-state index >= 15 is 0 Å². The van der Waals surface area contributed by atoms with E-state index in [2.05, 4.69) is 26.5 Å². The first-order chi connectivity index (χ1) is 11.5. The van der Waals surface area contributed by atoms with E-state index in [-0.39, 0.29) is 12.5 Å². The zero-order valence-electron chi connectivity index (χ0n) is 13.9. The molecule has 2 rings (SSSR count). The van der Waals surface area contributed by atoms with Crippen LogP contribution in [0.5, 0.6) is 5.75 Å². The van der Waals surface area contributed by atoms with E-state index in [1.54, 1.807) is 6.21 Å². The molecule has 1 N–H and O–H groups in total. The number of carbonyl (C=O) groups is 1. The SMILES string of the molecule is Cc1cc(Br)ccc1OCC(=O)N/N=C/c1ccc(N(C)C)cc1. The third kappa shape index (κ3) is 5.38. The highest BCUT2D eigenvalue weighted by Crippen LogP contribution is 2.21. The van der Waals surface area contributed by atoms with Gasteiger partial charge in [0, 0.05) is 24.3 Å². The van der Waals surface area contributed by atoms with Gasteiger partial charge in [0.25, 0.3) is 5.91 Å². The molecule has 0 fully saturated rings. The number of nitrogens with one attached hydrogen (secondary N) is 1. The lowest BCUT2D eigenvalue weighted by Gasteiger charge is -2.11. The second-order valence-corrected chi connectivity index (χ2v) is 6.39. The quantitative estimate of drug-likeness (QED) is 0.608. The Bertz CT molecular complexity index is 728. The number of benzene rings is 2. The zero-order chi connectivity index (χ0) is 17.5. The van der Waals surface area contributed by atoms with Crippen molar-refractivity contribution < 1.29 is 9.53 Å². The minimum Gasteiger partial charge on any atom is -0.483 e. The Balaban J connectivity index is 1.82. The van der Waals surface area contributed by atoms with Gasteiger partial charge in [-0.15, -0.1) is 0 Å². The van der Waals surface area contributed by atoms with Crippen molar-refractivity contribution in [3.05, 3.63) is 58.1 Å². The van der Waals surface area contributed by atoms with Gasteiger partial charge in [0.05, 0.1) is 6.21 Å². The van der Waals surface area contributed by atoms with Crippen molar-refractivity contribution in [1.29, 1.82) is 0 Å². The third-order valence-electron chi connectivity index (χ3n) is 3.31. The van der Waals surface area contributed by atoms with Crippen molar-refractivity contribution in [3.8, 4) is 5.75 Å². The molecule has 0 aliphatic carbocycles. The molecule has 0 aliphatic heterocycles. The molecular weight excluding hydrogens is 370 g/mol. The fraction of sp³-hybridized carbons (Fsp3) is 0.222. The number of aryl methyl sites for hydroxylation is 1. The normalized spacial score (nSPS) is 10.7. The highest BCUT2D eigenvalue weighted by atomic mass is 79.9. The highest BCUT2D eigenvalue weighted by Gasteiger charge is 2.04. The number of rotatable bonds is 6. The summed E-state index contributed by atoms with van der Waals surface area (Å²) < 4.78 is 6.46. The number of carbonyl (C=O) groups excluding carboxylic acids is 1. The molecule has 0 saturated carbocycles. The van der Waals surface area contributed by atoms with Crippen LogP contribution < -0.4 is 15.1 Å². The maximum atomic E-state index is 11.8. The molecule has 2 aromatic rings. The van der Waals surface area contributed by atoms with Gasteiger partial charge in [-0.05, 0) is 48.4 Å². The van der Waals surface area contributed by atoms with Crippen molar-refractivity contribution in [2.45, 2.75) is 6.92 Å². The minimum absolute atomic E-state index is 0.0839. The molecule has 0 aliphatic rings. The number of hydrazone groups is 1. The van der Waals surface area contributed by atoms with Gasteiger partial charge in [-0.25, -0.2) is 5.43 Å². The summed E-state index contributed by atoms with van der Waals surface area (Å²) >= 11 is 3.39. The van der Waals surface area contributed by atoms with Gasteiger partial charge in [0.15, 0.2) is 6.61 Å². The first kappa shape index (κ1) is 18.0. The van der Waals surface area contributed by atoms with Crippen molar-refractivity contribution in [1.82, 2.24) is 5.43 Å². The van der Waals surface area contributed by atoms with Crippen LogP contribution in [0.15, 0.2) is 52.0 Å². The number of amides is 1. The molecule has 6 heteroatoms. The third-order valence-corrected chi connectivity index (χ3v) is 3.80. The summed E-state index contributed by atoms with van der Waals surface area (Å²) in [6, 6.07) is 13.5. The van der Waals surface area contributed by atoms with Crippen LogP contribution in [0.1, 0.15) is 11.1 Å². The molecule has 5 nitrogen and oxygen atoms in total. The van der Waals surface area contributed by atoms with Gasteiger partial charge >= 0.3 is 0 Å². The van der Waals surface area contributed by atoms with E-state index in [1.165, 1.54) is 0 Å². The molecule has 0 radical (unpaired) electrons. The van der Waals surface area contributed by atoms with Crippen molar-refractivity contribution >= 4 is 33.7 Å². The average Bonchev–Trinajstić information content (AvgIpc) is 2.54. The smallest absolute Gasteiger partial charge is 0.277 e. The van der Waals surface area contributed by atoms with E-state index in [0.29, 0.717) is 5.75 Å². The van der Waals surface area contributed by atoms with Gasteiger partial charge in [0.2, 0.25) is 0 Å². The van der Waals surface area contributed by atoms with Gasteiger partial charge in [-0.3, -0.25) is 4.79 Å². The summed E-state index contributed by atoms with van der Waals surface area (Å²) in [6.07, 6.45) is 1.60. The van der Waals surface area contributed by atoms with Gasteiger partial charge in [-0.1, -0.05) is 28.1 Å². The van der Waals surface area contributed by atoms with E-state index in [1.807, 2.05) is 68.4 Å². The monoisotopic (exact) mass is 389 g/mol. The molecule has 0 unspecified atom stereocenters. The Morgan fingerprint density at radius 3 is 2.58 bits per heavy atom. The summed E-state index contributed by atoms with van der Waals surface area (Å²) in [6.45, 7) is 1.84. The van der Waals surface area contributed by atoms with Crippen LogP contribution in [0.2, 0.25) is 0 Å². The Kier molecular flexibility index (Phi) is 6.37. The summed E-state index contributed by atoms with van der Waals surface area (Å²) in [5, 5.41) is 3.94. The summed E-state index contributed by atoms with van der Waals surface area (Å²) in [7, 11) is 3.97. The Morgan fingerprint density at radius 2 is 1.96 bits per heavy atom. The molecular formula is C18H20BrN3O2. The number of ether oxygens (including phenoxy) is 1. The molecule has 0 saturated heterocycles. The second-order valence-electron chi connectivity index (χ2n) is 5.48. The van der Waals surface area contributed by atoms with Crippen LogP contribution in [0.3, 0.4) is 0 Å². The maximum absolute atomic E-state index is 11.8. The Hall–Kier alpha value is -2.34. The number of hydrogen-bond donors (Lipinski definition) is 1. The fourth-order valence-electron chi connectivity index (χ4n) is 1.99. The number of halogens is 1. The van der Waals surface area contributed by atoms with E-state index in [9.17, 15) is 4.79 Å². The lowest BCUT2D eigenvalue weighted by atomic mass is 10.2. The Labute approximate surface area is 150 Å². The number of hydrogen-bond acceptors (Lipinski definition) is 4. The summed E-state index contributed by atoms with van der Waals surface area (Å²) in [4.78, 5) is 13.8. The molecule has 2 aromatic carbocycles. The van der Waals surface area contributed by atoms with E-state index < -0.39 is 0 Å². The fourth-order valence-corrected chi connectivity index (χ4v) is 2.46. The van der Waals surface area contributed by atoms with Crippen LogP contribution in [-0.4, -0.2) is 32.8 Å². The summed E-state index contributed by atoms with van der Waals surface area (Å²) in [5.41, 5.74) is 5.43. The average molecular weight is 390 g/mol. The van der Waals surface area contributed by atoms with Crippen LogP contribution in [-0.2, 0) is 4.79 Å².